The van der Waals surface area contributed by atoms with Crippen molar-refractivity contribution in [2.24, 2.45) is 0 Å². The van der Waals surface area contributed by atoms with Crippen molar-refractivity contribution in [1.29, 1.82) is 0 Å². The minimum atomic E-state index is -0.365. The zero-order valence-corrected chi connectivity index (χ0v) is 16.2. The normalized spacial score (nSPS) is 10.2. The Balaban J connectivity index is 2.35. The molecule has 0 aliphatic heterocycles. The highest BCUT2D eigenvalue weighted by molar-refractivity contribution is 7.80. The monoisotopic (exact) mass is 378 g/mol. The molecule has 0 unspecified atom stereocenters. The standard InChI is InChI=1S/C18H22N2O3S2/c1-4-10-19-18(24)20-16-15(17(21)23-5-2)14(11-25-16)12-6-8-13(22-3)9-7-12/h6-9,11H,4-5,10H2,1-3H3,(H2,19,20,24). The van der Waals surface area contributed by atoms with Crippen molar-refractivity contribution in [2.45, 2.75) is 20.3 Å². The van der Waals surface area contributed by atoms with E-state index in [9.17, 15) is 4.79 Å². The van der Waals surface area contributed by atoms with E-state index >= 15 is 0 Å². The number of benzene rings is 1. The van der Waals surface area contributed by atoms with Crippen LogP contribution in [-0.4, -0.2) is 31.3 Å². The molecular weight excluding hydrogens is 356 g/mol. The van der Waals surface area contributed by atoms with Gasteiger partial charge < -0.3 is 20.1 Å². The molecule has 0 radical (unpaired) electrons. The fourth-order valence-corrected chi connectivity index (χ4v) is 3.46. The number of methoxy groups -OCH3 is 1. The molecule has 2 N–H and O–H groups in total. The number of rotatable bonds is 7. The van der Waals surface area contributed by atoms with Crippen molar-refractivity contribution < 1.29 is 14.3 Å². The molecule has 25 heavy (non-hydrogen) atoms. The molecule has 0 amide bonds. The number of ether oxygens (including phenoxy) is 2. The molecule has 0 saturated heterocycles. The van der Waals surface area contributed by atoms with Crippen molar-refractivity contribution in [1.82, 2.24) is 5.32 Å². The van der Waals surface area contributed by atoms with Crippen molar-refractivity contribution in [3.05, 3.63) is 35.2 Å². The van der Waals surface area contributed by atoms with E-state index in [1.165, 1.54) is 11.3 Å². The summed E-state index contributed by atoms with van der Waals surface area (Å²) in [5.74, 6) is 0.398. The molecule has 5 nitrogen and oxygen atoms in total. The molecule has 0 bridgehead atoms. The van der Waals surface area contributed by atoms with Gasteiger partial charge in [-0.15, -0.1) is 11.3 Å². The van der Waals surface area contributed by atoms with E-state index in [0.717, 1.165) is 29.8 Å². The number of anilines is 1. The molecule has 0 aliphatic rings. The fraction of sp³-hybridized carbons (Fsp3) is 0.333. The SMILES string of the molecule is CCCNC(=S)Nc1scc(-c2ccc(OC)cc2)c1C(=O)OCC. The van der Waals surface area contributed by atoms with Gasteiger partial charge in [-0.05, 0) is 43.3 Å². The summed E-state index contributed by atoms with van der Waals surface area (Å²) in [6.07, 6.45) is 0.966. The highest BCUT2D eigenvalue weighted by Crippen LogP contribution is 2.36. The van der Waals surface area contributed by atoms with Gasteiger partial charge in [-0.1, -0.05) is 19.1 Å². The van der Waals surface area contributed by atoms with Crippen LogP contribution in [0.4, 0.5) is 5.00 Å². The molecule has 0 atom stereocenters. The number of carbonyl (C=O) groups is 1. The van der Waals surface area contributed by atoms with Gasteiger partial charge in [-0.25, -0.2) is 4.79 Å². The van der Waals surface area contributed by atoms with Crippen LogP contribution in [0.5, 0.6) is 5.75 Å². The number of hydrogen-bond acceptors (Lipinski definition) is 5. The zero-order chi connectivity index (χ0) is 18.2. The summed E-state index contributed by atoms with van der Waals surface area (Å²) in [6.45, 7) is 4.94. The Morgan fingerprint density at radius 3 is 2.56 bits per heavy atom. The highest BCUT2D eigenvalue weighted by Gasteiger charge is 2.22. The maximum Gasteiger partial charge on any atom is 0.341 e. The van der Waals surface area contributed by atoms with Crippen LogP contribution in [0.2, 0.25) is 0 Å². The Morgan fingerprint density at radius 1 is 1.24 bits per heavy atom. The first-order valence-corrected chi connectivity index (χ1v) is 9.37. The predicted octanol–water partition coefficient (Wildman–Crippen LogP) is 4.30. The average molecular weight is 379 g/mol. The quantitative estimate of drug-likeness (QED) is 0.553. The van der Waals surface area contributed by atoms with Gasteiger partial charge in [-0.3, -0.25) is 0 Å². The molecule has 7 heteroatoms. The summed E-state index contributed by atoms with van der Waals surface area (Å²) in [5.41, 5.74) is 2.23. The molecular formula is C18H22N2O3S2. The van der Waals surface area contributed by atoms with Gasteiger partial charge in [0.05, 0.1) is 13.7 Å². The molecule has 1 aromatic heterocycles. The van der Waals surface area contributed by atoms with Crippen LogP contribution >= 0.6 is 23.6 Å². The third kappa shape index (κ3) is 4.93. The van der Waals surface area contributed by atoms with Crippen molar-refractivity contribution in [2.75, 3.05) is 25.6 Å². The lowest BCUT2D eigenvalue weighted by molar-refractivity contribution is 0.0529. The largest absolute Gasteiger partial charge is 0.497 e. The Bertz CT molecular complexity index is 726. The minimum Gasteiger partial charge on any atom is -0.497 e. The zero-order valence-electron chi connectivity index (χ0n) is 14.5. The molecule has 134 valence electrons. The molecule has 1 heterocycles. The van der Waals surface area contributed by atoms with Gasteiger partial charge in [0.25, 0.3) is 0 Å². The summed E-state index contributed by atoms with van der Waals surface area (Å²) < 4.78 is 10.4. The third-order valence-electron chi connectivity index (χ3n) is 3.43. The number of carbonyl (C=O) groups excluding carboxylic acids is 1. The van der Waals surface area contributed by atoms with Crippen LogP contribution in [-0.2, 0) is 4.74 Å². The molecule has 0 aliphatic carbocycles. The highest BCUT2D eigenvalue weighted by atomic mass is 32.1. The van der Waals surface area contributed by atoms with Crippen LogP contribution in [0.15, 0.2) is 29.6 Å². The molecule has 0 saturated carbocycles. The number of nitrogens with one attached hydrogen (secondary N) is 2. The van der Waals surface area contributed by atoms with E-state index in [-0.39, 0.29) is 5.97 Å². The van der Waals surface area contributed by atoms with Gasteiger partial charge in [0, 0.05) is 17.5 Å². The molecule has 0 fully saturated rings. The van der Waals surface area contributed by atoms with Gasteiger partial charge >= 0.3 is 5.97 Å². The van der Waals surface area contributed by atoms with Gasteiger partial charge in [-0.2, -0.15) is 0 Å². The number of thiophene rings is 1. The van der Waals surface area contributed by atoms with Crippen molar-refractivity contribution in [3.63, 3.8) is 0 Å². The number of esters is 1. The summed E-state index contributed by atoms with van der Waals surface area (Å²) in [4.78, 5) is 12.5. The lowest BCUT2D eigenvalue weighted by Gasteiger charge is -2.11. The van der Waals surface area contributed by atoms with Crippen LogP contribution < -0.4 is 15.4 Å². The van der Waals surface area contributed by atoms with E-state index in [0.29, 0.717) is 22.3 Å². The van der Waals surface area contributed by atoms with Crippen LogP contribution in [0, 0.1) is 0 Å². The minimum absolute atomic E-state index is 0.314. The second kappa shape index (κ2) is 9.39. The van der Waals surface area contributed by atoms with Crippen molar-refractivity contribution in [3.8, 4) is 16.9 Å². The third-order valence-corrected chi connectivity index (χ3v) is 4.58. The topological polar surface area (TPSA) is 59.6 Å². The molecule has 1 aromatic carbocycles. The predicted molar refractivity (Wildman–Crippen MR) is 107 cm³/mol. The first-order valence-electron chi connectivity index (χ1n) is 8.08. The second-order valence-corrected chi connectivity index (χ2v) is 6.47. The second-order valence-electron chi connectivity index (χ2n) is 5.18. The number of thiocarbonyl (C=S) groups is 1. The van der Waals surface area contributed by atoms with Crippen LogP contribution in [0.25, 0.3) is 11.1 Å². The smallest absolute Gasteiger partial charge is 0.341 e. The maximum atomic E-state index is 12.5. The van der Waals surface area contributed by atoms with Crippen LogP contribution in [0.3, 0.4) is 0 Å². The lowest BCUT2D eigenvalue weighted by Crippen LogP contribution is -2.29. The Kier molecular flexibility index (Phi) is 7.21. The first-order chi connectivity index (χ1) is 12.1. The van der Waals surface area contributed by atoms with Gasteiger partial charge in [0.15, 0.2) is 5.11 Å². The van der Waals surface area contributed by atoms with E-state index in [2.05, 4.69) is 17.6 Å². The van der Waals surface area contributed by atoms with Crippen molar-refractivity contribution >= 4 is 39.6 Å². The van der Waals surface area contributed by atoms with E-state index in [1.54, 1.807) is 14.0 Å². The lowest BCUT2D eigenvalue weighted by atomic mass is 10.0. The van der Waals surface area contributed by atoms with E-state index < -0.39 is 0 Å². The molecule has 2 rings (SSSR count). The number of hydrogen-bond donors (Lipinski definition) is 2. The summed E-state index contributed by atoms with van der Waals surface area (Å²) in [7, 11) is 1.62. The van der Waals surface area contributed by atoms with E-state index in [4.69, 9.17) is 21.7 Å². The fourth-order valence-electron chi connectivity index (χ4n) is 2.22. The summed E-state index contributed by atoms with van der Waals surface area (Å²) >= 11 is 6.71. The first kappa shape index (κ1) is 19.2. The van der Waals surface area contributed by atoms with E-state index in [1.807, 2.05) is 29.6 Å². The molecule has 0 spiro atoms. The van der Waals surface area contributed by atoms with Gasteiger partial charge in [0.2, 0.25) is 0 Å². The summed E-state index contributed by atoms with van der Waals surface area (Å²) in [6, 6.07) is 7.56. The summed E-state index contributed by atoms with van der Waals surface area (Å²) in [5, 5.41) is 9.32. The Hall–Kier alpha value is -2.12. The Labute approximate surface area is 157 Å². The molecule has 2 aromatic rings. The maximum absolute atomic E-state index is 12.5. The average Bonchev–Trinajstić information content (AvgIpc) is 3.03. The van der Waals surface area contributed by atoms with Gasteiger partial charge in [0.1, 0.15) is 16.3 Å². The Morgan fingerprint density at radius 2 is 1.96 bits per heavy atom. The van der Waals surface area contributed by atoms with Crippen LogP contribution in [0.1, 0.15) is 30.6 Å².